The fourth-order valence-electron chi connectivity index (χ4n) is 4.52. The lowest BCUT2D eigenvalue weighted by Crippen LogP contribution is -2.39. The first-order valence-corrected chi connectivity index (χ1v) is 9.23. The summed E-state index contributed by atoms with van der Waals surface area (Å²) < 4.78 is 16.6. The molecule has 1 heterocycles. The maximum atomic E-state index is 12.7. The van der Waals surface area contributed by atoms with Crippen molar-refractivity contribution >= 4 is 11.9 Å². The second-order valence-electron chi connectivity index (χ2n) is 7.29. The fraction of sp³-hybridized carbons (Fsp3) is 0.600. The van der Waals surface area contributed by atoms with Crippen molar-refractivity contribution in [3.8, 4) is 0 Å². The normalized spacial score (nSPS) is 34.4. The first-order valence-electron chi connectivity index (χ1n) is 9.23. The van der Waals surface area contributed by atoms with E-state index in [2.05, 4.69) is 6.92 Å². The van der Waals surface area contributed by atoms with Crippen LogP contribution in [0.15, 0.2) is 30.3 Å². The Morgan fingerprint density at radius 3 is 2.32 bits per heavy atom. The van der Waals surface area contributed by atoms with Gasteiger partial charge < -0.3 is 14.2 Å². The molecule has 1 aromatic carbocycles. The number of fused-ring (bicyclic) bond motifs is 5. The molecule has 4 rings (SSSR count). The quantitative estimate of drug-likeness (QED) is 0.432. The number of epoxide rings is 1. The first-order chi connectivity index (χ1) is 12.2. The molecule has 134 valence electrons. The second-order valence-corrected chi connectivity index (χ2v) is 7.29. The Morgan fingerprint density at radius 2 is 1.68 bits per heavy atom. The lowest BCUT2D eigenvalue weighted by molar-refractivity contribution is -0.163. The van der Waals surface area contributed by atoms with E-state index in [1.807, 2.05) is 30.3 Å². The number of ether oxygens (including phenoxy) is 3. The first kappa shape index (κ1) is 16.6. The molecule has 2 bridgehead atoms. The summed E-state index contributed by atoms with van der Waals surface area (Å²) in [6, 6.07) is 9.60. The van der Waals surface area contributed by atoms with Crippen molar-refractivity contribution in [3.63, 3.8) is 0 Å². The Balaban J connectivity index is 1.42. The lowest BCUT2D eigenvalue weighted by atomic mass is 9.79. The van der Waals surface area contributed by atoms with E-state index in [0.717, 1.165) is 24.8 Å². The van der Waals surface area contributed by atoms with Crippen LogP contribution in [0.25, 0.3) is 0 Å². The fourth-order valence-corrected chi connectivity index (χ4v) is 4.52. The zero-order valence-electron chi connectivity index (χ0n) is 14.4. The lowest BCUT2D eigenvalue weighted by Gasteiger charge is -2.25. The van der Waals surface area contributed by atoms with Crippen LogP contribution < -0.4 is 0 Å². The van der Waals surface area contributed by atoms with Crippen LogP contribution in [0.3, 0.4) is 0 Å². The number of benzene rings is 1. The molecule has 1 aliphatic heterocycles. The number of unbranched alkanes of at least 4 members (excludes halogenated alkanes) is 1. The third-order valence-electron chi connectivity index (χ3n) is 5.77. The number of carbonyl (C=O) groups is 2. The minimum Gasteiger partial charge on any atom is -0.465 e. The van der Waals surface area contributed by atoms with Gasteiger partial charge in [-0.3, -0.25) is 9.59 Å². The monoisotopic (exact) mass is 344 g/mol. The van der Waals surface area contributed by atoms with Crippen molar-refractivity contribution < 1.29 is 23.8 Å². The molecule has 5 nitrogen and oxygen atoms in total. The average molecular weight is 344 g/mol. The summed E-state index contributed by atoms with van der Waals surface area (Å²) in [5, 5.41) is 0. The van der Waals surface area contributed by atoms with Gasteiger partial charge in [-0.1, -0.05) is 43.7 Å². The Labute approximate surface area is 147 Å². The second kappa shape index (κ2) is 6.79. The van der Waals surface area contributed by atoms with E-state index >= 15 is 0 Å². The molecule has 6 atom stereocenters. The third-order valence-corrected chi connectivity index (χ3v) is 5.77. The average Bonchev–Trinajstić information content (AvgIpc) is 3.25. The van der Waals surface area contributed by atoms with Crippen molar-refractivity contribution in [2.45, 2.75) is 45.0 Å². The zero-order chi connectivity index (χ0) is 17.4. The van der Waals surface area contributed by atoms with Gasteiger partial charge in [0.1, 0.15) is 6.61 Å². The predicted octanol–water partition coefficient (Wildman–Crippen LogP) is 2.72. The van der Waals surface area contributed by atoms with Crippen LogP contribution in [0, 0.1) is 23.7 Å². The number of rotatable bonds is 7. The highest BCUT2D eigenvalue weighted by molar-refractivity contribution is 5.84. The Kier molecular flexibility index (Phi) is 4.50. The largest absolute Gasteiger partial charge is 0.465 e. The van der Waals surface area contributed by atoms with Gasteiger partial charge in [-0.05, 0) is 18.4 Å². The number of esters is 2. The summed E-state index contributed by atoms with van der Waals surface area (Å²) in [4.78, 5) is 25.3. The summed E-state index contributed by atoms with van der Waals surface area (Å²) >= 11 is 0. The zero-order valence-corrected chi connectivity index (χ0v) is 14.4. The SMILES string of the molecule is CCCCOC(=O)C1C2CC(C3OC23)C1C(=O)OCc1ccccc1. The van der Waals surface area contributed by atoms with E-state index in [1.165, 1.54) is 0 Å². The Bertz CT molecular complexity index is 643. The summed E-state index contributed by atoms with van der Waals surface area (Å²) in [6.45, 7) is 2.71. The highest BCUT2D eigenvalue weighted by Crippen LogP contribution is 2.62. The minimum atomic E-state index is -0.424. The van der Waals surface area contributed by atoms with Gasteiger partial charge in [0.15, 0.2) is 0 Å². The van der Waals surface area contributed by atoms with Crippen molar-refractivity contribution in [2.75, 3.05) is 6.61 Å². The molecule has 2 saturated carbocycles. The van der Waals surface area contributed by atoms with Crippen LogP contribution in [-0.2, 0) is 30.4 Å². The van der Waals surface area contributed by atoms with Crippen LogP contribution in [0.5, 0.6) is 0 Å². The molecule has 1 aromatic rings. The Morgan fingerprint density at radius 1 is 1.04 bits per heavy atom. The van der Waals surface area contributed by atoms with Gasteiger partial charge in [-0.2, -0.15) is 0 Å². The molecule has 25 heavy (non-hydrogen) atoms. The number of carbonyl (C=O) groups excluding carboxylic acids is 2. The predicted molar refractivity (Wildman–Crippen MR) is 89.3 cm³/mol. The molecule has 6 unspecified atom stereocenters. The standard InChI is InChI=1S/C20H24O5/c1-2-3-9-23-19(21)15-13-10-14(18-17(13)25-18)16(15)20(22)24-11-12-7-5-4-6-8-12/h4-8,13-18H,2-3,9-11H2,1H3. The van der Waals surface area contributed by atoms with E-state index in [0.29, 0.717) is 6.61 Å². The summed E-state index contributed by atoms with van der Waals surface area (Å²) in [5.74, 6) is -1.17. The molecule has 3 aliphatic rings. The van der Waals surface area contributed by atoms with E-state index in [4.69, 9.17) is 14.2 Å². The molecule has 1 saturated heterocycles. The van der Waals surface area contributed by atoms with Gasteiger partial charge in [0.25, 0.3) is 0 Å². The summed E-state index contributed by atoms with van der Waals surface area (Å²) in [7, 11) is 0. The van der Waals surface area contributed by atoms with Crippen LogP contribution in [0.2, 0.25) is 0 Å². The van der Waals surface area contributed by atoms with Gasteiger partial charge in [0.05, 0.1) is 30.7 Å². The molecular weight excluding hydrogens is 320 g/mol. The maximum absolute atomic E-state index is 12.7. The van der Waals surface area contributed by atoms with Crippen LogP contribution in [0.4, 0.5) is 0 Å². The molecule has 0 radical (unpaired) electrons. The van der Waals surface area contributed by atoms with E-state index < -0.39 is 11.8 Å². The molecule has 3 fully saturated rings. The van der Waals surface area contributed by atoms with Crippen molar-refractivity contribution in [1.82, 2.24) is 0 Å². The van der Waals surface area contributed by atoms with Crippen LogP contribution in [0.1, 0.15) is 31.7 Å². The molecule has 0 aromatic heterocycles. The van der Waals surface area contributed by atoms with Crippen molar-refractivity contribution in [2.24, 2.45) is 23.7 Å². The van der Waals surface area contributed by atoms with Crippen LogP contribution in [-0.4, -0.2) is 30.8 Å². The smallest absolute Gasteiger partial charge is 0.310 e. The van der Waals surface area contributed by atoms with E-state index in [9.17, 15) is 9.59 Å². The van der Waals surface area contributed by atoms with E-state index in [1.54, 1.807) is 0 Å². The van der Waals surface area contributed by atoms with E-state index in [-0.39, 0.29) is 42.6 Å². The van der Waals surface area contributed by atoms with Gasteiger partial charge >= 0.3 is 11.9 Å². The summed E-state index contributed by atoms with van der Waals surface area (Å²) in [5.41, 5.74) is 0.946. The molecule has 0 spiro atoms. The van der Waals surface area contributed by atoms with Crippen molar-refractivity contribution in [1.29, 1.82) is 0 Å². The molecule has 0 N–H and O–H groups in total. The van der Waals surface area contributed by atoms with Crippen molar-refractivity contribution in [3.05, 3.63) is 35.9 Å². The van der Waals surface area contributed by atoms with Gasteiger partial charge in [0.2, 0.25) is 0 Å². The molecule has 2 aliphatic carbocycles. The van der Waals surface area contributed by atoms with Gasteiger partial charge in [-0.15, -0.1) is 0 Å². The third kappa shape index (κ3) is 3.06. The topological polar surface area (TPSA) is 65.1 Å². The molecular formula is C20H24O5. The highest BCUT2D eigenvalue weighted by atomic mass is 16.6. The Hall–Kier alpha value is -1.88. The van der Waals surface area contributed by atoms with Gasteiger partial charge in [0, 0.05) is 11.8 Å². The molecule has 5 heteroatoms. The van der Waals surface area contributed by atoms with Gasteiger partial charge in [-0.25, -0.2) is 0 Å². The maximum Gasteiger partial charge on any atom is 0.310 e. The molecule has 0 amide bonds. The highest BCUT2D eigenvalue weighted by Gasteiger charge is 2.71. The summed E-state index contributed by atoms with van der Waals surface area (Å²) in [6.07, 6.45) is 2.97. The number of hydrogen-bond donors (Lipinski definition) is 0. The number of hydrogen-bond acceptors (Lipinski definition) is 5. The van der Waals surface area contributed by atoms with Crippen LogP contribution >= 0.6 is 0 Å². The minimum absolute atomic E-state index is 0.0991.